The van der Waals surface area contributed by atoms with Gasteiger partial charge in [0.25, 0.3) is 0 Å². The third-order valence-electron chi connectivity index (χ3n) is 2.48. The minimum Gasteiger partial charge on any atom is -0.491 e. The van der Waals surface area contributed by atoms with E-state index in [-0.39, 0.29) is 0 Å². The Balaban J connectivity index is 2.19. The Bertz CT molecular complexity index is 306. The molecule has 1 aromatic heterocycles. The number of thiophene rings is 1. The lowest BCUT2D eigenvalue weighted by atomic mass is 10.1. The standard InChI is InChI=1S/C10H15NOS/c1-7-4-9-10(13-7)5-8(6-12-9)11(2)3/h4,8H,5-6H2,1-3H3. The molecule has 1 unspecified atom stereocenters. The summed E-state index contributed by atoms with van der Waals surface area (Å²) >= 11 is 1.86. The second kappa shape index (κ2) is 3.31. The van der Waals surface area contributed by atoms with Crippen LogP contribution in [0.25, 0.3) is 0 Å². The lowest BCUT2D eigenvalue weighted by Crippen LogP contribution is -2.37. The van der Waals surface area contributed by atoms with Gasteiger partial charge in [-0.1, -0.05) is 0 Å². The van der Waals surface area contributed by atoms with Gasteiger partial charge in [-0.3, -0.25) is 0 Å². The van der Waals surface area contributed by atoms with E-state index >= 15 is 0 Å². The Hall–Kier alpha value is -0.540. The maximum atomic E-state index is 5.69. The highest BCUT2D eigenvalue weighted by molar-refractivity contribution is 7.12. The van der Waals surface area contributed by atoms with Crippen LogP contribution < -0.4 is 4.74 Å². The van der Waals surface area contributed by atoms with Crippen molar-refractivity contribution in [3.05, 3.63) is 15.8 Å². The molecule has 2 heterocycles. The Morgan fingerprint density at radius 1 is 1.54 bits per heavy atom. The second-order valence-corrected chi connectivity index (χ2v) is 5.12. The molecule has 0 fully saturated rings. The summed E-state index contributed by atoms with van der Waals surface area (Å²) in [6.45, 7) is 2.97. The van der Waals surface area contributed by atoms with Crippen molar-refractivity contribution in [1.29, 1.82) is 0 Å². The van der Waals surface area contributed by atoms with Gasteiger partial charge < -0.3 is 9.64 Å². The molecule has 0 saturated heterocycles. The molecule has 0 bridgehead atoms. The minimum atomic E-state index is 0.547. The predicted octanol–water partition coefficient (Wildman–Crippen LogP) is 1.92. The summed E-state index contributed by atoms with van der Waals surface area (Å²) in [5, 5.41) is 0. The predicted molar refractivity (Wildman–Crippen MR) is 55.7 cm³/mol. The molecule has 0 aliphatic carbocycles. The normalized spacial score (nSPS) is 21.4. The van der Waals surface area contributed by atoms with Crippen molar-refractivity contribution in [3.8, 4) is 5.75 Å². The summed E-state index contributed by atoms with van der Waals surface area (Å²) in [7, 11) is 4.22. The van der Waals surface area contributed by atoms with Crippen molar-refractivity contribution in [2.75, 3.05) is 20.7 Å². The first-order valence-corrected chi connectivity index (χ1v) is 5.37. The highest BCUT2D eigenvalue weighted by atomic mass is 32.1. The monoisotopic (exact) mass is 197 g/mol. The van der Waals surface area contributed by atoms with Crippen molar-refractivity contribution >= 4 is 11.3 Å². The van der Waals surface area contributed by atoms with E-state index < -0.39 is 0 Å². The molecule has 2 rings (SSSR count). The lowest BCUT2D eigenvalue weighted by molar-refractivity contribution is 0.167. The number of fused-ring (bicyclic) bond motifs is 1. The van der Waals surface area contributed by atoms with Crippen LogP contribution >= 0.6 is 11.3 Å². The number of hydrogen-bond acceptors (Lipinski definition) is 3. The topological polar surface area (TPSA) is 12.5 Å². The van der Waals surface area contributed by atoms with Gasteiger partial charge >= 0.3 is 0 Å². The van der Waals surface area contributed by atoms with Crippen LogP contribution in [0.3, 0.4) is 0 Å². The number of hydrogen-bond donors (Lipinski definition) is 0. The SMILES string of the molecule is Cc1cc2c(s1)CC(N(C)C)CO2. The zero-order valence-corrected chi connectivity index (χ0v) is 9.15. The number of ether oxygens (including phenoxy) is 1. The van der Waals surface area contributed by atoms with E-state index in [1.165, 1.54) is 9.75 Å². The first-order chi connectivity index (χ1) is 6.16. The number of likely N-dealkylation sites (N-methyl/N-ethyl adjacent to an activating group) is 1. The van der Waals surface area contributed by atoms with Crippen LogP contribution in [0.4, 0.5) is 0 Å². The lowest BCUT2D eigenvalue weighted by Gasteiger charge is -2.28. The molecule has 13 heavy (non-hydrogen) atoms. The van der Waals surface area contributed by atoms with Crippen LogP contribution in [0.15, 0.2) is 6.07 Å². The fraction of sp³-hybridized carbons (Fsp3) is 0.600. The van der Waals surface area contributed by atoms with Crippen LogP contribution in [0.5, 0.6) is 5.75 Å². The molecule has 1 aromatic rings. The molecule has 2 nitrogen and oxygen atoms in total. The average Bonchev–Trinajstić information content (AvgIpc) is 2.42. The van der Waals surface area contributed by atoms with Gasteiger partial charge in [0.2, 0.25) is 0 Å². The molecule has 1 aliphatic heterocycles. The largest absolute Gasteiger partial charge is 0.491 e. The molecule has 1 aliphatic rings. The molecule has 0 aromatic carbocycles. The zero-order valence-electron chi connectivity index (χ0n) is 8.33. The Labute approximate surface area is 83.1 Å². The van der Waals surface area contributed by atoms with E-state index in [0.29, 0.717) is 6.04 Å². The second-order valence-electron chi connectivity index (χ2n) is 3.78. The van der Waals surface area contributed by atoms with Crippen LogP contribution in [-0.4, -0.2) is 31.6 Å². The quantitative estimate of drug-likeness (QED) is 0.682. The van der Waals surface area contributed by atoms with Gasteiger partial charge in [0.15, 0.2) is 0 Å². The zero-order chi connectivity index (χ0) is 9.42. The summed E-state index contributed by atoms with van der Waals surface area (Å²) in [5.74, 6) is 1.11. The number of aryl methyl sites for hydroxylation is 1. The van der Waals surface area contributed by atoms with Crippen LogP contribution in [0.2, 0.25) is 0 Å². The molecule has 72 valence electrons. The maximum absolute atomic E-state index is 5.69. The van der Waals surface area contributed by atoms with Crippen LogP contribution in [0.1, 0.15) is 9.75 Å². The Morgan fingerprint density at radius 2 is 2.31 bits per heavy atom. The average molecular weight is 197 g/mol. The van der Waals surface area contributed by atoms with Crippen LogP contribution in [-0.2, 0) is 6.42 Å². The third kappa shape index (κ3) is 1.71. The third-order valence-corrected chi connectivity index (χ3v) is 3.53. The van der Waals surface area contributed by atoms with Crippen molar-refractivity contribution in [2.24, 2.45) is 0 Å². The highest BCUT2D eigenvalue weighted by Crippen LogP contribution is 2.33. The van der Waals surface area contributed by atoms with E-state index in [0.717, 1.165) is 18.8 Å². The van der Waals surface area contributed by atoms with Gasteiger partial charge in [0, 0.05) is 22.2 Å². The van der Waals surface area contributed by atoms with Gasteiger partial charge in [0.05, 0.1) is 0 Å². The Kier molecular flexibility index (Phi) is 2.30. The van der Waals surface area contributed by atoms with E-state index in [2.05, 4.69) is 32.0 Å². The molecule has 0 spiro atoms. The van der Waals surface area contributed by atoms with Crippen LogP contribution in [0, 0.1) is 6.92 Å². The first-order valence-electron chi connectivity index (χ1n) is 4.55. The molecule has 0 saturated carbocycles. The summed E-state index contributed by atoms with van der Waals surface area (Å²) in [6.07, 6.45) is 1.14. The minimum absolute atomic E-state index is 0.547. The molecule has 0 radical (unpaired) electrons. The summed E-state index contributed by atoms with van der Waals surface area (Å²) in [5.41, 5.74) is 0. The summed E-state index contributed by atoms with van der Waals surface area (Å²) in [4.78, 5) is 4.99. The molecule has 0 amide bonds. The highest BCUT2D eigenvalue weighted by Gasteiger charge is 2.22. The van der Waals surface area contributed by atoms with E-state index in [4.69, 9.17) is 4.74 Å². The first kappa shape index (κ1) is 9.03. The molecule has 1 atom stereocenters. The van der Waals surface area contributed by atoms with E-state index in [9.17, 15) is 0 Å². The van der Waals surface area contributed by atoms with Crippen molar-refractivity contribution in [2.45, 2.75) is 19.4 Å². The van der Waals surface area contributed by atoms with E-state index in [1.807, 2.05) is 11.3 Å². The Morgan fingerprint density at radius 3 is 3.00 bits per heavy atom. The molecular formula is C10H15NOS. The van der Waals surface area contributed by atoms with Gasteiger partial charge in [-0.2, -0.15) is 0 Å². The molecular weight excluding hydrogens is 182 g/mol. The van der Waals surface area contributed by atoms with Crippen molar-refractivity contribution in [3.63, 3.8) is 0 Å². The molecule has 3 heteroatoms. The summed E-state index contributed by atoms with van der Waals surface area (Å²) in [6, 6.07) is 2.69. The van der Waals surface area contributed by atoms with Crippen molar-refractivity contribution < 1.29 is 4.74 Å². The fourth-order valence-corrected chi connectivity index (χ4v) is 2.64. The fourth-order valence-electron chi connectivity index (χ4n) is 1.59. The number of rotatable bonds is 1. The van der Waals surface area contributed by atoms with Gasteiger partial charge in [0.1, 0.15) is 12.4 Å². The van der Waals surface area contributed by atoms with E-state index in [1.54, 1.807) is 0 Å². The summed E-state index contributed by atoms with van der Waals surface area (Å²) < 4.78 is 5.69. The van der Waals surface area contributed by atoms with Crippen molar-refractivity contribution in [1.82, 2.24) is 4.90 Å². The van der Waals surface area contributed by atoms with Gasteiger partial charge in [-0.05, 0) is 27.1 Å². The maximum Gasteiger partial charge on any atom is 0.133 e. The smallest absolute Gasteiger partial charge is 0.133 e. The molecule has 0 N–H and O–H groups in total. The number of nitrogens with zero attached hydrogens (tertiary/aromatic N) is 1. The van der Waals surface area contributed by atoms with Gasteiger partial charge in [-0.15, -0.1) is 11.3 Å². The van der Waals surface area contributed by atoms with Gasteiger partial charge in [-0.25, -0.2) is 0 Å².